The van der Waals surface area contributed by atoms with Crippen LogP contribution in [0.1, 0.15) is 26.2 Å². The van der Waals surface area contributed by atoms with E-state index in [1.165, 1.54) is 19.3 Å². The predicted molar refractivity (Wildman–Crippen MR) is 44.5 cm³/mol. The lowest BCUT2D eigenvalue weighted by molar-refractivity contribution is -0.297. The fourth-order valence-corrected chi connectivity index (χ4v) is 0.902. The Bertz CT molecular complexity index is 137. The van der Waals surface area contributed by atoms with E-state index in [4.69, 9.17) is 14.6 Å². The minimum atomic E-state index is -1.23. The highest BCUT2D eigenvalue weighted by molar-refractivity contribution is 5.76. The number of carbonyl (C=O) groups is 1. The normalized spacial score (nSPS) is 21.9. The van der Waals surface area contributed by atoms with Crippen LogP contribution in [0.3, 0.4) is 0 Å². The summed E-state index contributed by atoms with van der Waals surface area (Å²) in [6.07, 6.45) is 5.15. The Labute approximate surface area is 73.0 Å². The summed E-state index contributed by atoms with van der Waals surface area (Å²) in [5, 5.41) is 9.14. The van der Waals surface area contributed by atoms with Crippen molar-refractivity contribution in [3.05, 3.63) is 12.7 Å². The van der Waals surface area contributed by atoms with Crippen LogP contribution in [0.2, 0.25) is 0 Å². The number of rotatable bonds is 1. The topological polar surface area (TPSA) is 49.4 Å². The Morgan fingerprint density at radius 2 is 2.25 bits per heavy atom. The first-order chi connectivity index (χ1) is 5.66. The zero-order chi connectivity index (χ0) is 9.40. The van der Waals surface area contributed by atoms with Crippen molar-refractivity contribution in [1.29, 1.82) is 0 Å². The van der Waals surface area contributed by atoms with Crippen molar-refractivity contribution in [2.24, 2.45) is 0 Å². The first-order valence-corrected chi connectivity index (χ1v) is 4.12. The van der Waals surface area contributed by atoms with Crippen molar-refractivity contribution in [2.75, 3.05) is 6.61 Å². The van der Waals surface area contributed by atoms with Gasteiger partial charge >= 0.3 is 0 Å². The van der Waals surface area contributed by atoms with E-state index in [-0.39, 0.29) is 0 Å². The summed E-state index contributed by atoms with van der Waals surface area (Å²) < 4.78 is 5.28. The Balaban J connectivity index is 0.000000217. The molecule has 1 unspecified atom stereocenters. The first-order valence-electron chi connectivity index (χ1n) is 4.12. The van der Waals surface area contributed by atoms with Crippen molar-refractivity contribution >= 4 is 5.97 Å². The van der Waals surface area contributed by atoms with Crippen LogP contribution >= 0.6 is 0 Å². The van der Waals surface area contributed by atoms with Crippen molar-refractivity contribution in [3.63, 3.8) is 0 Å². The average molecular weight is 171 g/mol. The molecule has 1 saturated heterocycles. The van der Waals surface area contributed by atoms with Gasteiger partial charge in [0.2, 0.25) is 0 Å². The Kier molecular flexibility index (Phi) is 6.38. The molecule has 0 aromatic heterocycles. The molecule has 1 rings (SSSR count). The average Bonchev–Trinajstić information content (AvgIpc) is 2.07. The van der Waals surface area contributed by atoms with E-state index >= 15 is 0 Å². The number of aliphatic carboxylic acids is 1. The van der Waals surface area contributed by atoms with Gasteiger partial charge in [-0.1, -0.05) is 6.58 Å². The minimum Gasteiger partial charge on any atom is -0.545 e. The van der Waals surface area contributed by atoms with Crippen LogP contribution in [-0.2, 0) is 9.53 Å². The lowest BCUT2D eigenvalue weighted by Gasteiger charge is -2.17. The van der Waals surface area contributed by atoms with Gasteiger partial charge in [0.15, 0.2) is 0 Å². The van der Waals surface area contributed by atoms with Gasteiger partial charge in [0.25, 0.3) is 0 Å². The fraction of sp³-hybridized carbons (Fsp3) is 0.667. The summed E-state index contributed by atoms with van der Waals surface area (Å²) in [6.45, 7) is 6.02. The smallest absolute Gasteiger partial charge is 0.0636 e. The van der Waals surface area contributed by atoms with Crippen molar-refractivity contribution < 1.29 is 14.6 Å². The third-order valence-electron chi connectivity index (χ3n) is 1.57. The van der Waals surface area contributed by atoms with Gasteiger partial charge in [-0.3, -0.25) is 0 Å². The van der Waals surface area contributed by atoms with Crippen LogP contribution in [0.25, 0.3) is 0 Å². The van der Waals surface area contributed by atoms with Crippen LogP contribution in [0.4, 0.5) is 0 Å². The standard InChI is InChI=1S/C6H12O.C3H4O2/c1-6-4-2-3-5-7-6;1-2-3(4)5/h6H,2-5H2,1H3;2H,1H2,(H,4,5)/p-1. The van der Waals surface area contributed by atoms with Gasteiger partial charge in [-0.15, -0.1) is 0 Å². The second-order valence-corrected chi connectivity index (χ2v) is 2.70. The van der Waals surface area contributed by atoms with Crippen LogP contribution < -0.4 is 5.11 Å². The largest absolute Gasteiger partial charge is 0.545 e. The van der Waals surface area contributed by atoms with E-state index in [9.17, 15) is 0 Å². The van der Waals surface area contributed by atoms with Gasteiger partial charge in [-0.25, -0.2) is 0 Å². The Morgan fingerprint density at radius 3 is 2.42 bits per heavy atom. The van der Waals surface area contributed by atoms with E-state index in [1.807, 2.05) is 0 Å². The molecule has 0 bridgehead atoms. The molecule has 3 heteroatoms. The lowest BCUT2D eigenvalue weighted by atomic mass is 10.1. The van der Waals surface area contributed by atoms with Crippen LogP contribution in [0.15, 0.2) is 12.7 Å². The maximum absolute atomic E-state index is 9.14. The molecular formula is C9H15O3-. The summed E-state index contributed by atoms with van der Waals surface area (Å²) in [5.74, 6) is -1.23. The Morgan fingerprint density at radius 1 is 1.67 bits per heavy atom. The van der Waals surface area contributed by atoms with E-state index in [0.717, 1.165) is 12.7 Å². The van der Waals surface area contributed by atoms with Gasteiger partial charge < -0.3 is 14.6 Å². The summed E-state index contributed by atoms with van der Waals surface area (Å²) in [5.41, 5.74) is 0. The SMILES string of the molecule is C=CC(=O)[O-].CC1CCCCO1. The number of hydrogen-bond donors (Lipinski definition) is 0. The molecule has 0 aliphatic carbocycles. The predicted octanol–water partition coefficient (Wildman–Crippen LogP) is 0.498. The second-order valence-electron chi connectivity index (χ2n) is 2.70. The highest BCUT2D eigenvalue weighted by Crippen LogP contribution is 2.10. The van der Waals surface area contributed by atoms with Crippen molar-refractivity contribution in [1.82, 2.24) is 0 Å². The number of hydrogen-bond acceptors (Lipinski definition) is 3. The van der Waals surface area contributed by atoms with Gasteiger partial charge in [0.1, 0.15) is 0 Å². The molecule has 12 heavy (non-hydrogen) atoms. The third kappa shape index (κ3) is 7.28. The van der Waals surface area contributed by atoms with Crippen LogP contribution in [0, 0.1) is 0 Å². The lowest BCUT2D eigenvalue weighted by Crippen LogP contribution is -2.17. The number of carboxylic acids is 1. The summed E-state index contributed by atoms with van der Waals surface area (Å²) in [4.78, 5) is 9.14. The van der Waals surface area contributed by atoms with Gasteiger partial charge in [0, 0.05) is 6.61 Å². The van der Waals surface area contributed by atoms with Gasteiger partial charge in [0.05, 0.1) is 12.1 Å². The monoisotopic (exact) mass is 171 g/mol. The van der Waals surface area contributed by atoms with Gasteiger partial charge in [-0.05, 0) is 32.3 Å². The number of carbonyl (C=O) groups excluding carboxylic acids is 1. The van der Waals surface area contributed by atoms with Crippen molar-refractivity contribution in [2.45, 2.75) is 32.3 Å². The molecule has 0 amide bonds. The zero-order valence-corrected chi connectivity index (χ0v) is 7.41. The van der Waals surface area contributed by atoms with E-state index < -0.39 is 5.97 Å². The fourth-order valence-electron chi connectivity index (χ4n) is 0.902. The molecule has 70 valence electrons. The zero-order valence-electron chi connectivity index (χ0n) is 7.41. The number of carboxylic acid groups (broad SMARTS) is 1. The molecule has 0 aromatic carbocycles. The first kappa shape index (κ1) is 11.2. The third-order valence-corrected chi connectivity index (χ3v) is 1.57. The number of ether oxygens (including phenoxy) is 1. The van der Waals surface area contributed by atoms with Crippen LogP contribution in [0.5, 0.6) is 0 Å². The molecule has 3 nitrogen and oxygen atoms in total. The second kappa shape index (κ2) is 6.85. The Hall–Kier alpha value is -0.830. The van der Waals surface area contributed by atoms with E-state index in [2.05, 4.69) is 13.5 Å². The molecule has 1 fully saturated rings. The molecule has 1 heterocycles. The molecular weight excluding hydrogens is 156 g/mol. The molecule has 0 saturated carbocycles. The molecule has 0 aromatic rings. The summed E-state index contributed by atoms with van der Waals surface area (Å²) in [6, 6.07) is 0. The highest BCUT2D eigenvalue weighted by atomic mass is 16.5. The maximum Gasteiger partial charge on any atom is 0.0636 e. The molecule has 1 aliphatic rings. The van der Waals surface area contributed by atoms with E-state index in [0.29, 0.717) is 6.10 Å². The van der Waals surface area contributed by atoms with Crippen LogP contribution in [-0.4, -0.2) is 18.7 Å². The molecule has 0 N–H and O–H groups in total. The quantitative estimate of drug-likeness (QED) is 0.540. The highest BCUT2D eigenvalue weighted by Gasteiger charge is 2.05. The van der Waals surface area contributed by atoms with Gasteiger partial charge in [-0.2, -0.15) is 0 Å². The molecule has 1 aliphatic heterocycles. The molecule has 0 radical (unpaired) electrons. The molecule has 0 spiro atoms. The maximum atomic E-state index is 9.14. The van der Waals surface area contributed by atoms with Crippen molar-refractivity contribution in [3.8, 4) is 0 Å². The van der Waals surface area contributed by atoms with E-state index in [1.54, 1.807) is 0 Å². The molecule has 1 atom stereocenters. The summed E-state index contributed by atoms with van der Waals surface area (Å²) in [7, 11) is 0. The summed E-state index contributed by atoms with van der Waals surface area (Å²) >= 11 is 0. The minimum absolute atomic E-state index is 0.536.